The third-order valence-electron chi connectivity index (χ3n) is 3.35. The maximum Gasteiger partial charge on any atom is 0.228 e. The van der Waals surface area contributed by atoms with E-state index in [9.17, 15) is 9.18 Å². The first-order chi connectivity index (χ1) is 9.15. The van der Waals surface area contributed by atoms with Gasteiger partial charge in [0, 0.05) is 11.3 Å². The summed E-state index contributed by atoms with van der Waals surface area (Å²) >= 11 is 0. The minimum atomic E-state index is -0.526. The zero-order chi connectivity index (χ0) is 13.4. The first-order valence-corrected chi connectivity index (χ1v) is 6.08. The average molecular weight is 256 g/mol. The molecule has 96 valence electrons. The fraction of sp³-hybridized carbons (Fsp3) is 0.133. The van der Waals surface area contributed by atoms with E-state index in [1.807, 2.05) is 18.2 Å². The first-order valence-electron chi connectivity index (χ1n) is 6.08. The predicted molar refractivity (Wildman–Crippen MR) is 71.2 cm³/mol. The lowest BCUT2D eigenvalue weighted by Crippen LogP contribution is -2.13. The molecule has 2 aromatic rings. The van der Waals surface area contributed by atoms with E-state index in [0.717, 1.165) is 16.8 Å². The van der Waals surface area contributed by atoms with Crippen LogP contribution in [0.4, 0.5) is 10.1 Å². The van der Waals surface area contributed by atoms with Gasteiger partial charge in [-0.05, 0) is 23.3 Å². The molecule has 0 saturated heterocycles. The van der Waals surface area contributed by atoms with Crippen LogP contribution in [0.5, 0.6) is 0 Å². The smallest absolute Gasteiger partial charge is 0.228 e. The molecule has 0 radical (unpaired) electrons. The van der Waals surface area contributed by atoms with Crippen LogP contribution in [0.1, 0.15) is 22.7 Å². The molecule has 0 bridgehead atoms. The number of amides is 1. The van der Waals surface area contributed by atoms with E-state index in [-0.39, 0.29) is 11.7 Å². The van der Waals surface area contributed by atoms with E-state index in [1.54, 1.807) is 18.2 Å². The van der Waals surface area contributed by atoms with Crippen LogP contribution in [0.2, 0.25) is 0 Å². The first kappa shape index (κ1) is 11.9. The highest BCUT2D eigenvalue weighted by atomic mass is 19.1. The van der Waals surface area contributed by atoms with Gasteiger partial charge in [-0.3, -0.25) is 4.79 Å². The van der Waals surface area contributed by atoms with E-state index >= 15 is 0 Å². The van der Waals surface area contributed by atoms with Gasteiger partial charge in [-0.2, -0.15) is 0 Å². The molecule has 1 unspecified atom stereocenters. The van der Waals surface area contributed by atoms with Crippen LogP contribution >= 0.6 is 0 Å². The molecule has 3 nitrogen and oxygen atoms in total. The van der Waals surface area contributed by atoms with Gasteiger partial charge in [-0.1, -0.05) is 30.3 Å². The van der Waals surface area contributed by atoms with Gasteiger partial charge in [0.05, 0.1) is 12.5 Å². The quantitative estimate of drug-likeness (QED) is 0.866. The molecular weight excluding hydrogens is 243 g/mol. The highest BCUT2D eigenvalue weighted by Crippen LogP contribution is 2.28. The standard InChI is InChI=1S/C15H13FN2O/c16-12-4-2-1-3-11(12)15(17)9-5-6-13-10(7-9)8-14(19)18-13/h1-7,15H,8,17H2,(H,18,19). The van der Waals surface area contributed by atoms with Gasteiger partial charge in [0.1, 0.15) is 5.82 Å². The van der Waals surface area contributed by atoms with Gasteiger partial charge in [-0.15, -0.1) is 0 Å². The average Bonchev–Trinajstić information content (AvgIpc) is 2.77. The molecule has 2 aromatic carbocycles. The van der Waals surface area contributed by atoms with Crippen molar-refractivity contribution in [2.75, 3.05) is 5.32 Å². The number of carbonyl (C=O) groups is 1. The van der Waals surface area contributed by atoms with Gasteiger partial charge in [0.25, 0.3) is 0 Å². The van der Waals surface area contributed by atoms with Gasteiger partial charge in [-0.25, -0.2) is 4.39 Å². The van der Waals surface area contributed by atoms with Crippen LogP contribution in [0.15, 0.2) is 42.5 Å². The van der Waals surface area contributed by atoms with Crippen LogP contribution in [-0.2, 0) is 11.2 Å². The number of fused-ring (bicyclic) bond motifs is 1. The lowest BCUT2D eigenvalue weighted by Gasteiger charge is -2.14. The van der Waals surface area contributed by atoms with Crippen LogP contribution in [0.3, 0.4) is 0 Å². The second-order valence-corrected chi connectivity index (χ2v) is 4.64. The molecule has 4 heteroatoms. The predicted octanol–water partition coefficient (Wildman–Crippen LogP) is 2.37. The Morgan fingerprint density at radius 1 is 1.21 bits per heavy atom. The Hall–Kier alpha value is -2.20. The summed E-state index contributed by atoms with van der Waals surface area (Å²) in [6.07, 6.45) is 0.354. The molecule has 1 heterocycles. The maximum absolute atomic E-state index is 13.7. The third-order valence-corrected chi connectivity index (χ3v) is 3.35. The molecule has 3 rings (SSSR count). The molecule has 0 saturated carbocycles. The van der Waals surface area contributed by atoms with Crippen molar-refractivity contribution in [3.8, 4) is 0 Å². The Labute approximate surface area is 110 Å². The molecule has 1 atom stereocenters. The van der Waals surface area contributed by atoms with Crippen molar-refractivity contribution < 1.29 is 9.18 Å². The summed E-state index contributed by atoms with van der Waals surface area (Å²) in [5, 5.41) is 2.76. The zero-order valence-corrected chi connectivity index (χ0v) is 10.2. The lowest BCUT2D eigenvalue weighted by atomic mass is 9.97. The Morgan fingerprint density at radius 3 is 2.79 bits per heavy atom. The number of anilines is 1. The summed E-state index contributed by atoms with van der Waals surface area (Å²) in [6.45, 7) is 0. The van der Waals surface area contributed by atoms with Crippen molar-refractivity contribution in [1.29, 1.82) is 0 Å². The Balaban J connectivity index is 1.97. The van der Waals surface area contributed by atoms with Gasteiger partial charge in [0.2, 0.25) is 5.91 Å². The molecule has 0 fully saturated rings. The van der Waals surface area contributed by atoms with Crippen LogP contribution in [0.25, 0.3) is 0 Å². The Morgan fingerprint density at radius 2 is 2.00 bits per heavy atom. The molecule has 3 N–H and O–H groups in total. The van der Waals surface area contributed by atoms with Crippen LogP contribution in [-0.4, -0.2) is 5.91 Å². The fourth-order valence-corrected chi connectivity index (χ4v) is 2.35. The summed E-state index contributed by atoms with van der Waals surface area (Å²) < 4.78 is 13.7. The monoisotopic (exact) mass is 256 g/mol. The minimum absolute atomic E-state index is 0.0217. The SMILES string of the molecule is NC(c1ccc2c(c1)CC(=O)N2)c1ccccc1F. The molecule has 0 aliphatic carbocycles. The lowest BCUT2D eigenvalue weighted by molar-refractivity contribution is -0.115. The number of rotatable bonds is 2. The molecule has 19 heavy (non-hydrogen) atoms. The van der Waals surface area contributed by atoms with E-state index in [0.29, 0.717) is 12.0 Å². The van der Waals surface area contributed by atoms with Crippen molar-refractivity contribution in [3.63, 3.8) is 0 Å². The van der Waals surface area contributed by atoms with Crippen LogP contribution in [0, 0.1) is 5.82 Å². The van der Waals surface area contributed by atoms with Crippen molar-refractivity contribution >= 4 is 11.6 Å². The molecule has 1 amide bonds. The summed E-state index contributed by atoms with van der Waals surface area (Å²) in [6, 6.07) is 11.4. The second-order valence-electron chi connectivity index (χ2n) is 4.64. The topological polar surface area (TPSA) is 55.1 Å². The summed E-state index contributed by atoms with van der Waals surface area (Å²) in [4.78, 5) is 11.3. The van der Waals surface area contributed by atoms with Crippen molar-refractivity contribution in [3.05, 3.63) is 65.0 Å². The Kier molecular flexibility index (Phi) is 2.80. The third kappa shape index (κ3) is 2.11. The minimum Gasteiger partial charge on any atom is -0.326 e. The van der Waals surface area contributed by atoms with Gasteiger partial charge < -0.3 is 11.1 Å². The van der Waals surface area contributed by atoms with Gasteiger partial charge >= 0.3 is 0 Å². The van der Waals surface area contributed by atoms with Crippen LogP contribution < -0.4 is 11.1 Å². The number of carbonyl (C=O) groups excluding carboxylic acids is 1. The number of benzene rings is 2. The highest BCUT2D eigenvalue weighted by molar-refractivity contribution is 5.99. The summed E-state index contributed by atoms with van der Waals surface area (Å²) in [7, 11) is 0. The van der Waals surface area contributed by atoms with E-state index in [4.69, 9.17) is 5.73 Å². The number of nitrogens with one attached hydrogen (secondary N) is 1. The van der Waals surface area contributed by atoms with E-state index in [2.05, 4.69) is 5.32 Å². The van der Waals surface area contributed by atoms with E-state index in [1.165, 1.54) is 6.07 Å². The van der Waals surface area contributed by atoms with Crippen molar-refractivity contribution in [2.45, 2.75) is 12.5 Å². The number of nitrogens with two attached hydrogens (primary N) is 1. The highest BCUT2D eigenvalue weighted by Gasteiger charge is 2.20. The number of halogens is 1. The molecule has 1 aliphatic heterocycles. The fourth-order valence-electron chi connectivity index (χ4n) is 2.35. The van der Waals surface area contributed by atoms with E-state index < -0.39 is 6.04 Å². The second kappa shape index (κ2) is 4.48. The summed E-state index contributed by atoms with van der Waals surface area (Å²) in [5.74, 6) is -0.337. The van der Waals surface area contributed by atoms with Gasteiger partial charge in [0.15, 0.2) is 0 Å². The number of hydrogen-bond donors (Lipinski definition) is 2. The normalized spacial score (nSPS) is 14.9. The maximum atomic E-state index is 13.7. The molecule has 0 spiro atoms. The Bertz CT molecular complexity index is 654. The molecular formula is C15H13FN2O. The number of hydrogen-bond acceptors (Lipinski definition) is 2. The van der Waals surface area contributed by atoms with Crippen molar-refractivity contribution in [2.24, 2.45) is 5.73 Å². The largest absolute Gasteiger partial charge is 0.326 e. The summed E-state index contributed by atoms with van der Waals surface area (Å²) in [5.41, 5.74) is 9.09. The van der Waals surface area contributed by atoms with Crippen molar-refractivity contribution in [1.82, 2.24) is 0 Å². The zero-order valence-electron chi connectivity index (χ0n) is 10.2. The molecule has 0 aromatic heterocycles. The molecule has 1 aliphatic rings.